The van der Waals surface area contributed by atoms with Crippen LogP contribution in [0.5, 0.6) is 0 Å². The average molecular weight is 459 g/mol. The molecule has 0 fully saturated rings. The Labute approximate surface area is 182 Å². The Morgan fingerprint density at radius 1 is 0.966 bits per heavy atom. The maximum atomic E-state index is 13.1. The monoisotopic (exact) mass is 458 g/mol. The molecule has 0 saturated heterocycles. The summed E-state index contributed by atoms with van der Waals surface area (Å²) in [7, 11) is 0. The second-order valence-corrected chi connectivity index (χ2v) is 8.20. The van der Waals surface area contributed by atoms with E-state index in [2.05, 4.69) is 52.4 Å². The van der Waals surface area contributed by atoms with Crippen LogP contribution in [0.3, 0.4) is 0 Å². The van der Waals surface area contributed by atoms with Gasteiger partial charge in [0, 0.05) is 24.0 Å². The van der Waals surface area contributed by atoms with Gasteiger partial charge in [-0.2, -0.15) is 0 Å². The molecule has 2 aromatic carbocycles. The van der Waals surface area contributed by atoms with Gasteiger partial charge >= 0.3 is 0 Å². The molecular weight excluding hydrogens is 428 g/mol. The Kier molecular flexibility index (Phi) is 9.39. The number of carbonyl (C=O) groups excluding carboxylic acids is 2. The van der Waals surface area contributed by atoms with Gasteiger partial charge < -0.3 is 10.2 Å². The molecule has 2 aromatic rings. The predicted octanol–water partition coefficient (Wildman–Crippen LogP) is 4.89. The smallest absolute Gasteiger partial charge is 0.242 e. The number of hydrogen-bond acceptors (Lipinski definition) is 2. The third-order valence-electron chi connectivity index (χ3n) is 5.04. The molecule has 2 rings (SSSR count). The molecule has 0 unspecified atom stereocenters. The standard InChI is InChI=1S/C24H31BrN2O2/c1-4-16-26-24(29)18(3)27(17-21-10-13-22(25)14-11-21)23(28)15-12-20-8-6-19(5-2)7-9-20/h6-11,13-14,18H,4-5,12,15-17H2,1-3H3,(H,26,29)/t18-/m0/s1. The zero-order valence-electron chi connectivity index (χ0n) is 17.6. The Morgan fingerprint density at radius 2 is 1.55 bits per heavy atom. The fourth-order valence-corrected chi connectivity index (χ4v) is 3.37. The zero-order chi connectivity index (χ0) is 21.2. The van der Waals surface area contributed by atoms with Crippen molar-refractivity contribution in [3.8, 4) is 0 Å². The molecule has 0 aliphatic heterocycles. The number of halogens is 1. The third kappa shape index (κ3) is 7.32. The van der Waals surface area contributed by atoms with Gasteiger partial charge in [-0.05, 0) is 55.0 Å². The van der Waals surface area contributed by atoms with Crippen LogP contribution in [0, 0.1) is 0 Å². The summed E-state index contributed by atoms with van der Waals surface area (Å²) in [5.74, 6) is -0.115. The maximum absolute atomic E-state index is 13.1. The lowest BCUT2D eigenvalue weighted by Gasteiger charge is -2.29. The van der Waals surface area contributed by atoms with Crippen molar-refractivity contribution in [2.45, 2.75) is 59.0 Å². The number of hydrogen-bond donors (Lipinski definition) is 1. The van der Waals surface area contributed by atoms with E-state index in [1.165, 1.54) is 5.56 Å². The Bertz CT molecular complexity index is 788. The second kappa shape index (κ2) is 11.8. The molecule has 0 radical (unpaired) electrons. The van der Waals surface area contributed by atoms with Crippen LogP contribution >= 0.6 is 15.9 Å². The van der Waals surface area contributed by atoms with Gasteiger partial charge in [-0.1, -0.05) is 66.2 Å². The predicted molar refractivity (Wildman–Crippen MR) is 122 cm³/mol. The lowest BCUT2D eigenvalue weighted by atomic mass is 10.0. The zero-order valence-corrected chi connectivity index (χ0v) is 19.2. The number of nitrogens with one attached hydrogen (secondary N) is 1. The molecule has 5 heteroatoms. The summed E-state index contributed by atoms with van der Waals surface area (Å²) in [6.07, 6.45) is 2.92. The van der Waals surface area contributed by atoms with Gasteiger partial charge in [0.2, 0.25) is 11.8 Å². The lowest BCUT2D eigenvalue weighted by Crippen LogP contribution is -2.47. The van der Waals surface area contributed by atoms with Crippen LogP contribution in [0.1, 0.15) is 50.3 Å². The summed E-state index contributed by atoms with van der Waals surface area (Å²) in [5.41, 5.74) is 3.43. The fraction of sp³-hybridized carbons (Fsp3) is 0.417. The van der Waals surface area contributed by atoms with Crippen molar-refractivity contribution in [2.24, 2.45) is 0 Å². The molecule has 0 bridgehead atoms. The molecule has 0 aliphatic carbocycles. The van der Waals surface area contributed by atoms with Gasteiger partial charge in [0.15, 0.2) is 0 Å². The largest absolute Gasteiger partial charge is 0.354 e. The van der Waals surface area contributed by atoms with E-state index in [4.69, 9.17) is 0 Å². The van der Waals surface area contributed by atoms with Crippen molar-refractivity contribution in [3.05, 3.63) is 69.7 Å². The SMILES string of the molecule is CCCNC(=O)[C@H](C)N(Cc1ccc(Br)cc1)C(=O)CCc1ccc(CC)cc1. The summed E-state index contributed by atoms with van der Waals surface area (Å²) in [5, 5.41) is 2.91. The number of aryl methyl sites for hydroxylation is 2. The lowest BCUT2D eigenvalue weighted by molar-refractivity contribution is -0.140. The Hall–Kier alpha value is -2.14. The number of rotatable bonds is 10. The van der Waals surface area contributed by atoms with Gasteiger partial charge in [-0.3, -0.25) is 9.59 Å². The van der Waals surface area contributed by atoms with Crippen molar-refractivity contribution >= 4 is 27.7 Å². The van der Waals surface area contributed by atoms with Crippen LogP contribution in [0.25, 0.3) is 0 Å². The highest BCUT2D eigenvalue weighted by molar-refractivity contribution is 9.10. The van der Waals surface area contributed by atoms with Gasteiger partial charge in [-0.25, -0.2) is 0 Å². The van der Waals surface area contributed by atoms with E-state index in [0.717, 1.165) is 28.4 Å². The summed E-state index contributed by atoms with van der Waals surface area (Å²) < 4.78 is 0.989. The normalized spacial score (nSPS) is 11.7. The average Bonchev–Trinajstić information content (AvgIpc) is 2.75. The molecule has 2 amide bonds. The molecule has 0 aliphatic rings. The van der Waals surface area contributed by atoms with E-state index < -0.39 is 6.04 Å². The molecule has 0 aromatic heterocycles. The number of nitrogens with zero attached hydrogens (tertiary/aromatic N) is 1. The van der Waals surface area contributed by atoms with Crippen LogP contribution < -0.4 is 5.32 Å². The molecule has 0 spiro atoms. The van der Waals surface area contributed by atoms with E-state index in [1.807, 2.05) is 31.2 Å². The molecule has 0 saturated carbocycles. The third-order valence-corrected chi connectivity index (χ3v) is 5.57. The molecule has 156 valence electrons. The van der Waals surface area contributed by atoms with Crippen molar-refractivity contribution in [2.75, 3.05) is 6.54 Å². The molecule has 4 nitrogen and oxygen atoms in total. The van der Waals surface area contributed by atoms with Crippen LogP contribution in [0.15, 0.2) is 53.0 Å². The Balaban J connectivity index is 2.09. The topological polar surface area (TPSA) is 49.4 Å². The van der Waals surface area contributed by atoms with Crippen LogP contribution in [-0.4, -0.2) is 29.3 Å². The van der Waals surface area contributed by atoms with Gasteiger partial charge in [0.05, 0.1) is 0 Å². The van der Waals surface area contributed by atoms with Crippen molar-refractivity contribution < 1.29 is 9.59 Å². The fourth-order valence-electron chi connectivity index (χ4n) is 3.10. The summed E-state index contributed by atoms with van der Waals surface area (Å²) >= 11 is 3.44. The summed E-state index contributed by atoms with van der Waals surface area (Å²) in [6.45, 7) is 6.98. The highest BCUT2D eigenvalue weighted by Crippen LogP contribution is 2.16. The van der Waals surface area contributed by atoms with Gasteiger partial charge in [-0.15, -0.1) is 0 Å². The molecular formula is C24H31BrN2O2. The molecule has 1 N–H and O–H groups in total. The first-order chi connectivity index (χ1) is 13.9. The van der Waals surface area contributed by atoms with Crippen molar-refractivity contribution in [1.29, 1.82) is 0 Å². The van der Waals surface area contributed by atoms with Gasteiger partial charge in [0.25, 0.3) is 0 Å². The van der Waals surface area contributed by atoms with Crippen LogP contribution in [-0.2, 0) is 29.0 Å². The number of benzene rings is 2. The van der Waals surface area contributed by atoms with Crippen LogP contribution in [0.2, 0.25) is 0 Å². The minimum absolute atomic E-state index is 0.00775. The first-order valence-corrected chi connectivity index (χ1v) is 11.1. The second-order valence-electron chi connectivity index (χ2n) is 7.29. The summed E-state index contributed by atoms with van der Waals surface area (Å²) in [6, 6.07) is 15.7. The van der Waals surface area contributed by atoms with Crippen LogP contribution in [0.4, 0.5) is 0 Å². The van der Waals surface area contributed by atoms with E-state index >= 15 is 0 Å². The van der Waals surface area contributed by atoms with Crippen molar-refractivity contribution in [1.82, 2.24) is 10.2 Å². The highest BCUT2D eigenvalue weighted by atomic mass is 79.9. The minimum Gasteiger partial charge on any atom is -0.354 e. The first-order valence-electron chi connectivity index (χ1n) is 10.3. The first kappa shape index (κ1) is 23.1. The quantitative estimate of drug-likeness (QED) is 0.550. The number of amides is 2. The van der Waals surface area contributed by atoms with E-state index in [0.29, 0.717) is 25.9 Å². The van der Waals surface area contributed by atoms with Crippen molar-refractivity contribution in [3.63, 3.8) is 0 Å². The van der Waals surface area contributed by atoms with E-state index in [-0.39, 0.29) is 11.8 Å². The number of carbonyl (C=O) groups is 2. The molecule has 0 heterocycles. The maximum Gasteiger partial charge on any atom is 0.242 e. The summed E-state index contributed by atoms with van der Waals surface area (Å²) in [4.78, 5) is 27.3. The van der Waals surface area contributed by atoms with E-state index in [1.54, 1.807) is 11.8 Å². The minimum atomic E-state index is -0.514. The Morgan fingerprint density at radius 3 is 2.14 bits per heavy atom. The molecule has 1 atom stereocenters. The highest BCUT2D eigenvalue weighted by Gasteiger charge is 2.25. The van der Waals surface area contributed by atoms with Gasteiger partial charge in [0.1, 0.15) is 6.04 Å². The van der Waals surface area contributed by atoms with E-state index in [9.17, 15) is 9.59 Å². The molecule has 29 heavy (non-hydrogen) atoms.